The Morgan fingerprint density at radius 1 is 1.10 bits per heavy atom. The molecule has 0 heterocycles. The highest BCUT2D eigenvalue weighted by Gasteiger charge is 2.18. The fourth-order valence-electron chi connectivity index (χ4n) is 1.87. The summed E-state index contributed by atoms with van der Waals surface area (Å²) in [5.41, 5.74) is 5.84. The van der Waals surface area contributed by atoms with Crippen LogP contribution in [0.25, 0.3) is 0 Å². The molecule has 20 heavy (non-hydrogen) atoms. The highest BCUT2D eigenvalue weighted by atomic mass is 19.1. The number of rotatable bonds is 4. The molecule has 2 aromatic carbocycles. The molecule has 0 saturated carbocycles. The molecule has 2 rings (SSSR count). The van der Waals surface area contributed by atoms with Crippen molar-refractivity contribution in [1.29, 1.82) is 0 Å². The van der Waals surface area contributed by atoms with Crippen LogP contribution in [0.1, 0.15) is 15.9 Å². The molecule has 0 atom stereocenters. The first-order valence-electron chi connectivity index (χ1n) is 5.89. The molecule has 0 aliphatic carbocycles. The average Bonchev–Trinajstić information content (AvgIpc) is 2.48. The predicted molar refractivity (Wildman–Crippen MR) is 73.8 cm³/mol. The lowest BCUT2D eigenvalue weighted by Crippen LogP contribution is -2.08. The zero-order valence-corrected chi connectivity index (χ0v) is 11.1. The third-order valence-corrected chi connectivity index (χ3v) is 2.95. The van der Waals surface area contributed by atoms with E-state index in [1.165, 1.54) is 32.4 Å². The summed E-state index contributed by atoms with van der Waals surface area (Å²) < 4.78 is 23.7. The van der Waals surface area contributed by atoms with Crippen molar-refractivity contribution < 1.29 is 18.7 Å². The van der Waals surface area contributed by atoms with Gasteiger partial charge in [0, 0.05) is 11.6 Å². The van der Waals surface area contributed by atoms with Gasteiger partial charge in [-0.25, -0.2) is 4.39 Å². The van der Waals surface area contributed by atoms with Crippen molar-refractivity contribution >= 4 is 11.5 Å². The molecule has 0 unspecified atom stereocenters. The Morgan fingerprint density at radius 3 is 2.50 bits per heavy atom. The van der Waals surface area contributed by atoms with Crippen LogP contribution in [-0.4, -0.2) is 20.0 Å². The van der Waals surface area contributed by atoms with Gasteiger partial charge in [0.1, 0.15) is 17.3 Å². The zero-order valence-electron chi connectivity index (χ0n) is 11.1. The minimum absolute atomic E-state index is 0.105. The topological polar surface area (TPSA) is 61.5 Å². The zero-order chi connectivity index (χ0) is 14.7. The van der Waals surface area contributed by atoms with Gasteiger partial charge in [-0.3, -0.25) is 4.79 Å². The molecule has 0 radical (unpaired) electrons. The summed E-state index contributed by atoms with van der Waals surface area (Å²) in [6.07, 6.45) is 0. The second-order valence-corrected chi connectivity index (χ2v) is 4.10. The van der Waals surface area contributed by atoms with Crippen LogP contribution < -0.4 is 15.2 Å². The average molecular weight is 275 g/mol. The second-order valence-electron chi connectivity index (χ2n) is 4.10. The number of anilines is 1. The number of carbonyl (C=O) groups is 1. The summed E-state index contributed by atoms with van der Waals surface area (Å²) in [5.74, 6) is -0.117. The molecule has 5 heteroatoms. The molecule has 0 bridgehead atoms. The highest BCUT2D eigenvalue weighted by Crippen LogP contribution is 2.28. The Kier molecular flexibility index (Phi) is 3.89. The number of nitrogen functional groups attached to an aromatic ring is 1. The van der Waals surface area contributed by atoms with Crippen molar-refractivity contribution in [2.45, 2.75) is 0 Å². The first-order chi connectivity index (χ1) is 9.58. The van der Waals surface area contributed by atoms with Crippen molar-refractivity contribution in [3.63, 3.8) is 0 Å². The Morgan fingerprint density at radius 2 is 1.85 bits per heavy atom. The maximum atomic E-state index is 13.4. The van der Waals surface area contributed by atoms with E-state index in [0.717, 1.165) is 0 Å². The van der Waals surface area contributed by atoms with Crippen molar-refractivity contribution in [3.05, 3.63) is 53.3 Å². The lowest BCUT2D eigenvalue weighted by atomic mass is 10.0. The van der Waals surface area contributed by atoms with E-state index >= 15 is 0 Å². The van der Waals surface area contributed by atoms with E-state index in [1.54, 1.807) is 18.2 Å². The van der Waals surface area contributed by atoms with Gasteiger partial charge >= 0.3 is 0 Å². The lowest BCUT2D eigenvalue weighted by molar-refractivity contribution is 0.103. The largest absolute Gasteiger partial charge is 0.497 e. The molecule has 0 aliphatic heterocycles. The SMILES string of the molecule is COc1ccc(C(=O)c2cccc(F)c2N)c(OC)c1. The number of nitrogens with two attached hydrogens (primary N) is 1. The van der Waals surface area contributed by atoms with E-state index in [1.807, 2.05) is 0 Å². The van der Waals surface area contributed by atoms with Crippen LogP contribution in [0.15, 0.2) is 36.4 Å². The van der Waals surface area contributed by atoms with Crippen molar-refractivity contribution in [2.75, 3.05) is 20.0 Å². The van der Waals surface area contributed by atoms with Gasteiger partial charge in [0.2, 0.25) is 0 Å². The minimum Gasteiger partial charge on any atom is -0.497 e. The Bertz CT molecular complexity index is 656. The number of methoxy groups -OCH3 is 2. The number of benzene rings is 2. The monoisotopic (exact) mass is 275 g/mol. The Balaban J connectivity index is 2.50. The summed E-state index contributed by atoms with van der Waals surface area (Å²) in [4.78, 5) is 12.4. The van der Waals surface area contributed by atoms with Crippen LogP contribution in [0, 0.1) is 5.82 Å². The van der Waals surface area contributed by atoms with Crippen LogP contribution in [0.3, 0.4) is 0 Å². The minimum atomic E-state index is -0.622. The van der Waals surface area contributed by atoms with Gasteiger partial charge in [0.25, 0.3) is 0 Å². The van der Waals surface area contributed by atoms with Crippen molar-refractivity contribution in [3.8, 4) is 11.5 Å². The van der Waals surface area contributed by atoms with Crippen LogP contribution in [0.2, 0.25) is 0 Å². The number of carbonyl (C=O) groups excluding carboxylic acids is 1. The number of ether oxygens (including phenoxy) is 2. The number of hydrogen-bond acceptors (Lipinski definition) is 4. The fraction of sp³-hybridized carbons (Fsp3) is 0.133. The smallest absolute Gasteiger partial charge is 0.198 e. The molecule has 104 valence electrons. The molecule has 0 amide bonds. The summed E-state index contributed by atoms with van der Waals surface area (Å²) in [6.45, 7) is 0. The number of hydrogen-bond donors (Lipinski definition) is 1. The molecule has 0 aromatic heterocycles. The fourth-order valence-corrected chi connectivity index (χ4v) is 1.87. The van der Waals surface area contributed by atoms with Gasteiger partial charge in [-0.1, -0.05) is 6.07 Å². The normalized spacial score (nSPS) is 10.2. The van der Waals surface area contributed by atoms with Gasteiger partial charge in [0.05, 0.1) is 25.5 Å². The molecular formula is C15H14FNO3. The maximum absolute atomic E-state index is 13.4. The molecule has 2 N–H and O–H groups in total. The molecule has 0 saturated heterocycles. The van der Waals surface area contributed by atoms with E-state index in [0.29, 0.717) is 17.1 Å². The van der Waals surface area contributed by atoms with E-state index in [-0.39, 0.29) is 11.3 Å². The summed E-state index contributed by atoms with van der Waals surface area (Å²) >= 11 is 0. The van der Waals surface area contributed by atoms with E-state index in [2.05, 4.69) is 0 Å². The lowest BCUT2D eigenvalue weighted by Gasteiger charge is -2.11. The standard InChI is InChI=1S/C15H14FNO3/c1-19-9-6-7-10(13(8-9)20-2)15(18)11-4-3-5-12(16)14(11)17/h3-8H,17H2,1-2H3. The van der Waals surface area contributed by atoms with Crippen LogP contribution in [0.5, 0.6) is 11.5 Å². The Hall–Kier alpha value is -2.56. The maximum Gasteiger partial charge on any atom is 0.198 e. The molecular weight excluding hydrogens is 261 g/mol. The van der Waals surface area contributed by atoms with E-state index < -0.39 is 11.6 Å². The van der Waals surface area contributed by atoms with Gasteiger partial charge in [-0.15, -0.1) is 0 Å². The van der Waals surface area contributed by atoms with Gasteiger partial charge in [-0.05, 0) is 24.3 Å². The highest BCUT2D eigenvalue weighted by molar-refractivity contribution is 6.13. The first kappa shape index (κ1) is 13.9. The van der Waals surface area contributed by atoms with Crippen LogP contribution in [0.4, 0.5) is 10.1 Å². The van der Waals surface area contributed by atoms with E-state index in [9.17, 15) is 9.18 Å². The van der Waals surface area contributed by atoms with Crippen LogP contribution >= 0.6 is 0 Å². The van der Waals surface area contributed by atoms with E-state index in [4.69, 9.17) is 15.2 Å². The number of para-hydroxylation sites is 1. The van der Waals surface area contributed by atoms with Gasteiger partial charge in [-0.2, -0.15) is 0 Å². The third kappa shape index (κ3) is 2.42. The molecule has 0 fully saturated rings. The molecule has 0 aliphatic rings. The molecule has 2 aromatic rings. The third-order valence-electron chi connectivity index (χ3n) is 2.95. The number of ketones is 1. The molecule has 0 spiro atoms. The second kappa shape index (κ2) is 5.61. The van der Waals surface area contributed by atoms with Gasteiger partial charge < -0.3 is 15.2 Å². The summed E-state index contributed by atoms with van der Waals surface area (Å²) in [7, 11) is 2.96. The number of halogens is 1. The summed E-state index contributed by atoms with van der Waals surface area (Å²) in [5, 5.41) is 0. The predicted octanol–water partition coefficient (Wildman–Crippen LogP) is 2.66. The van der Waals surface area contributed by atoms with Crippen molar-refractivity contribution in [1.82, 2.24) is 0 Å². The van der Waals surface area contributed by atoms with Crippen LogP contribution in [-0.2, 0) is 0 Å². The van der Waals surface area contributed by atoms with Crippen molar-refractivity contribution in [2.24, 2.45) is 0 Å². The summed E-state index contributed by atoms with van der Waals surface area (Å²) in [6, 6.07) is 8.90. The Labute approximate surface area is 115 Å². The first-order valence-corrected chi connectivity index (χ1v) is 5.89. The quantitative estimate of drug-likeness (QED) is 0.688. The van der Waals surface area contributed by atoms with Gasteiger partial charge in [0.15, 0.2) is 5.78 Å². The molecule has 4 nitrogen and oxygen atoms in total.